The lowest BCUT2D eigenvalue weighted by atomic mass is 10.0. The lowest BCUT2D eigenvalue weighted by Gasteiger charge is -2.35. The van der Waals surface area contributed by atoms with Crippen LogP contribution < -0.4 is 0 Å². The molecule has 0 radical (unpaired) electrons. The molecule has 0 unspecified atom stereocenters. The van der Waals surface area contributed by atoms with Crippen molar-refractivity contribution in [1.29, 1.82) is 0 Å². The van der Waals surface area contributed by atoms with E-state index in [0.717, 1.165) is 12.3 Å². The highest BCUT2D eigenvalue weighted by Gasteiger charge is 2.28. The molecule has 1 amide bonds. The van der Waals surface area contributed by atoms with Gasteiger partial charge >= 0.3 is 5.97 Å². The Morgan fingerprint density at radius 2 is 2.00 bits per heavy atom. The Morgan fingerprint density at radius 3 is 2.42 bits per heavy atom. The van der Waals surface area contributed by atoms with Gasteiger partial charge in [-0.3, -0.25) is 9.59 Å². The first-order chi connectivity index (χ1) is 8.71. The van der Waals surface area contributed by atoms with E-state index in [9.17, 15) is 14.0 Å². The average Bonchev–Trinajstić information content (AvgIpc) is 2.27. The number of aromatic nitrogens is 1. The summed E-state index contributed by atoms with van der Waals surface area (Å²) in [4.78, 5) is 28.0. The molecule has 0 spiro atoms. The van der Waals surface area contributed by atoms with Crippen molar-refractivity contribution in [3.05, 3.63) is 29.8 Å². The van der Waals surface area contributed by atoms with Gasteiger partial charge in [0.05, 0.1) is 12.6 Å². The minimum Gasteiger partial charge on any atom is -0.481 e. The molecule has 6 heteroatoms. The number of carbonyl (C=O) groups is 2. The normalized spacial score (nSPS) is 11.2. The molecule has 1 rings (SSSR count). The van der Waals surface area contributed by atoms with E-state index < -0.39 is 23.2 Å². The molecule has 1 aromatic rings. The Hall–Kier alpha value is -1.98. The molecule has 0 aromatic carbocycles. The molecule has 0 saturated carbocycles. The summed E-state index contributed by atoms with van der Waals surface area (Å²) in [5.74, 6) is -1.91. The van der Waals surface area contributed by atoms with Crippen LogP contribution in [0.5, 0.6) is 0 Å². The number of carboxylic acid groups (broad SMARTS) is 1. The van der Waals surface area contributed by atoms with Crippen LogP contribution in [0.2, 0.25) is 0 Å². The van der Waals surface area contributed by atoms with Crippen LogP contribution >= 0.6 is 0 Å². The second-order valence-corrected chi connectivity index (χ2v) is 5.13. The molecule has 0 bridgehead atoms. The number of hydrogen-bond acceptors (Lipinski definition) is 3. The van der Waals surface area contributed by atoms with Crippen molar-refractivity contribution < 1.29 is 19.1 Å². The van der Waals surface area contributed by atoms with Crippen molar-refractivity contribution in [2.45, 2.75) is 32.7 Å². The number of amides is 1. The van der Waals surface area contributed by atoms with E-state index in [2.05, 4.69) is 4.98 Å². The van der Waals surface area contributed by atoms with Gasteiger partial charge in [0.25, 0.3) is 5.91 Å². The number of carboxylic acids is 1. The van der Waals surface area contributed by atoms with Gasteiger partial charge in [0, 0.05) is 12.1 Å². The first-order valence-electron chi connectivity index (χ1n) is 5.87. The fourth-order valence-electron chi connectivity index (χ4n) is 1.59. The van der Waals surface area contributed by atoms with Gasteiger partial charge in [-0.25, -0.2) is 9.37 Å². The molecule has 0 saturated heterocycles. The first-order valence-corrected chi connectivity index (χ1v) is 5.87. The van der Waals surface area contributed by atoms with E-state index in [1.165, 1.54) is 11.0 Å². The largest absolute Gasteiger partial charge is 0.481 e. The summed E-state index contributed by atoms with van der Waals surface area (Å²) in [6.07, 6.45) is 0.815. The van der Waals surface area contributed by atoms with Crippen LogP contribution in [0.1, 0.15) is 37.7 Å². The zero-order valence-electron chi connectivity index (χ0n) is 11.2. The Morgan fingerprint density at radius 1 is 1.37 bits per heavy atom. The maximum Gasteiger partial charge on any atom is 0.305 e. The smallest absolute Gasteiger partial charge is 0.305 e. The summed E-state index contributed by atoms with van der Waals surface area (Å²) in [6.45, 7) is 5.49. The Balaban J connectivity index is 2.94. The Bertz CT molecular complexity index is 466. The maximum absolute atomic E-state index is 12.8. The molecule has 104 valence electrons. The molecule has 19 heavy (non-hydrogen) atoms. The van der Waals surface area contributed by atoms with Crippen LogP contribution in [0.4, 0.5) is 4.39 Å². The fraction of sp³-hybridized carbons (Fsp3) is 0.462. The maximum atomic E-state index is 12.8. The van der Waals surface area contributed by atoms with Crippen LogP contribution in [-0.4, -0.2) is 39.0 Å². The van der Waals surface area contributed by atoms with Crippen LogP contribution in [0.3, 0.4) is 0 Å². The highest BCUT2D eigenvalue weighted by Crippen LogP contribution is 2.17. The summed E-state index contributed by atoms with van der Waals surface area (Å²) in [5.41, 5.74) is -0.440. The summed E-state index contributed by atoms with van der Waals surface area (Å²) in [7, 11) is 0. The van der Waals surface area contributed by atoms with Crippen molar-refractivity contribution in [2.24, 2.45) is 0 Å². The van der Waals surface area contributed by atoms with Crippen LogP contribution in [0.25, 0.3) is 0 Å². The van der Waals surface area contributed by atoms with Gasteiger partial charge in [0.15, 0.2) is 0 Å². The molecule has 0 atom stereocenters. The second kappa shape index (κ2) is 5.77. The van der Waals surface area contributed by atoms with E-state index in [-0.39, 0.29) is 18.7 Å². The van der Waals surface area contributed by atoms with Gasteiger partial charge in [0.1, 0.15) is 11.5 Å². The summed E-state index contributed by atoms with van der Waals surface area (Å²) in [6, 6.07) is 2.44. The second-order valence-electron chi connectivity index (χ2n) is 5.13. The van der Waals surface area contributed by atoms with E-state index >= 15 is 0 Å². The lowest BCUT2D eigenvalue weighted by Crippen LogP contribution is -2.46. The van der Waals surface area contributed by atoms with E-state index in [1.807, 2.05) is 0 Å². The standard InChI is InChI=1S/C13H17FN2O3/c1-13(2,3)16(7-6-11(17)18)12(19)10-5-4-9(14)8-15-10/h4-5,8H,6-7H2,1-3H3,(H,17,18). The SMILES string of the molecule is CC(C)(C)N(CCC(=O)O)C(=O)c1ccc(F)cn1. The van der Waals surface area contributed by atoms with Crippen LogP contribution in [-0.2, 0) is 4.79 Å². The molecule has 0 aliphatic heterocycles. The van der Waals surface area contributed by atoms with Crippen molar-refractivity contribution in [3.63, 3.8) is 0 Å². The van der Waals surface area contributed by atoms with Gasteiger partial charge in [-0.1, -0.05) is 0 Å². The van der Waals surface area contributed by atoms with E-state index in [4.69, 9.17) is 5.11 Å². The highest BCUT2D eigenvalue weighted by atomic mass is 19.1. The third-order valence-corrected chi connectivity index (χ3v) is 2.55. The van der Waals surface area contributed by atoms with E-state index in [1.54, 1.807) is 20.8 Å². The third-order valence-electron chi connectivity index (χ3n) is 2.55. The molecular formula is C13H17FN2O3. The summed E-state index contributed by atoms with van der Waals surface area (Å²) in [5, 5.41) is 8.71. The highest BCUT2D eigenvalue weighted by molar-refractivity contribution is 5.93. The first kappa shape index (κ1) is 15.1. The molecule has 1 aromatic heterocycles. The van der Waals surface area contributed by atoms with E-state index in [0.29, 0.717) is 0 Å². The predicted molar refractivity (Wildman–Crippen MR) is 67.2 cm³/mol. The van der Waals surface area contributed by atoms with Gasteiger partial charge in [-0.15, -0.1) is 0 Å². The minimum atomic E-state index is -0.978. The summed E-state index contributed by atoms with van der Waals surface area (Å²) >= 11 is 0. The number of halogens is 1. The number of aliphatic carboxylic acids is 1. The zero-order chi connectivity index (χ0) is 14.6. The number of nitrogens with zero attached hydrogens (tertiary/aromatic N) is 2. The zero-order valence-corrected chi connectivity index (χ0v) is 11.2. The molecule has 0 aliphatic carbocycles. The molecule has 0 fully saturated rings. The average molecular weight is 268 g/mol. The van der Waals surface area contributed by atoms with Crippen molar-refractivity contribution in [1.82, 2.24) is 9.88 Å². The molecule has 1 N–H and O–H groups in total. The van der Waals surface area contributed by atoms with Crippen LogP contribution in [0, 0.1) is 5.82 Å². The summed E-state index contributed by atoms with van der Waals surface area (Å²) < 4.78 is 12.8. The van der Waals surface area contributed by atoms with Gasteiger partial charge < -0.3 is 10.0 Å². The quantitative estimate of drug-likeness (QED) is 0.905. The molecule has 1 heterocycles. The van der Waals surface area contributed by atoms with Gasteiger partial charge in [-0.2, -0.15) is 0 Å². The topological polar surface area (TPSA) is 70.5 Å². The molecule has 5 nitrogen and oxygen atoms in total. The van der Waals surface area contributed by atoms with Gasteiger partial charge in [-0.05, 0) is 32.9 Å². The Labute approximate surface area is 111 Å². The minimum absolute atomic E-state index is 0.0801. The van der Waals surface area contributed by atoms with Crippen molar-refractivity contribution in [3.8, 4) is 0 Å². The predicted octanol–water partition coefficient (Wildman–Crippen LogP) is 1.94. The van der Waals surface area contributed by atoms with Crippen molar-refractivity contribution in [2.75, 3.05) is 6.54 Å². The fourth-order valence-corrected chi connectivity index (χ4v) is 1.59. The third kappa shape index (κ3) is 4.31. The number of rotatable bonds is 4. The van der Waals surface area contributed by atoms with Crippen LogP contribution in [0.15, 0.2) is 18.3 Å². The van der Waals surface area contributed by atoms with Crippen molar-refractivity contribution >= 4 is 11.9 Å². The molecular weight excluding hydrogens is 251 g/mol. The van der Waals surface area contributed by atoms with Gasteiger partial charge in [0.2, 0.25) is 0 Å². The Kier molecular flexibility index (Phi) is 4.58. The monoisotopic (exact) mass is 268 g/mol. The number of pyridine rings is 1. The molecule has 0 aliphatic rings. The number of carbonyl (C=O) groups excluding carboxylic acids is 1. The number of hydrogen-bond donors (Lipinski definition) is 1. The lowest BCUT2D eigenvalue weighted by molar-refractivity contribution is -0.137.